The molecule has 1 aliphatic carbocycles. The Bertz CT molecular complexity index is 258. The van der Waals surface area contributed by atoms with Crippen LogP contribution in [-0.2, 0) is 15.6 Å². The largest absolute Gasteiger partial charge is 0.356 e. The number of hydrogen-bond acceptors (Lipinski definition) is 3. The van der Waals surface area contributed by atoms with Crippen LogP contribution >= 0.6 is 0 Å². The molecule has 0 saturated heterocycles. The second kappa shape index (κ2) is 7.01. The monoisotopic (exact) mass is 246 g/mol. The number of nitrogens with two attached hydrogens (primary N) is 1. The smallest absolute Gasteiger partial charge is 0.224 e. The number of carbonyl (C=O) groups excluding carboxylic acids is 1. The van der Waals surface area contributed by atoms with Gasteiger partial charge < -0.3 is 11.1 Å². The van der Waals surface area contributed by atoms with Crippen molar-refractivity contribution < 1.29 is 9.00 Å². The van der Waals surface area contributed by atoms with Gasteiger partial charge in [0.2, 0.25) is 5.91 Å². The Morgan fingerprint density at radius 2 is 2.12 bits per heavy atom. The highest BCUT2D eigenvalue weighted by Gasteiger charge is 2.27. The molecule has 0 bridgehead atoms. The average molecular weight is 246 g/mol. The summed E-state index contributed by atoms with van der Waals surface area (Å²) in [5.74, 6) is 0.715. The fourth-order valence-corrected chi connectivity index (χ4v) is 2.65. The lowest BCUT2D eigenvalue weighted by atomic mass is 9.84. The molecule has 0 aromatic carbocycles. The van der Waals surface area contributed by atoms with Crippen molar-refractivity contribution in [3.05, 3.63) is 0 Å². The maximum absolute atomic E-state index is 11.8. The predicted octanol–water partition coefficient (Wildman–Crippen LogP) is 0.389. The molecular weight excluding hydrogens is 224 g/mol. The molecule has 1 rings (SSSR count). The lowest BCUT2D eigenvalue weighted by Gasteiger charge is -2.27. The van der Waals surface area contributed by atoms with Gasteiger partial charge in [0.25, 0.3) is 0 Å². The minimum atomic E-state index is -0.768. The Morgan fingerprint density at radius 1 is 1.44 bits per heavy atom. The molecule has 4 nitrogen and oxygen atoms in total. The van der Waals surface area contributed by atoms with Gasteiger partial charge in [0, 0.05) is 35.4 Å². The van der Waals surface area contributed by atoms with E-state index in [9.17, 15) is 9.00 Å². The number of hydrogen-bond donors (Lipinski definition) is 2. The third-order valence-corrected chi connectivity index (χ3v) is 3.93. The van der Waals surface area contributed by atoms with Gasteiger partial charge in [-0.3, -0.25) is 9.00 Å². The molecular formula is C11H22N2O2S. The molecule has 0 aliphatic heterocycles. The third-order valence-electron chi connectivity index (χ3n) is 3.06. The van der Waals surface area contributed by atoms with E-state index >= 15 is 0 Å². The van der Waals surface area contributed by atoms with Gasteiger partial charge in [0.1, 0.15) is 0 Å². The zero-order chi connectivity index (χ0) is 12.0. The normalized spacial score (nSPS) is 27.4. The van der Waals surface area contributed by atoms with E-state index in [1.54, 1.807) is 6.26 Å². The van der Waals surface area contributed by atoms with Gasteiger partial charge in [-0.15, -0.1) is 0 Å². The Balaban J connectivity index is 2.20. The fraction of sp³-hybridized carbons (Fsp3) is 0.909. The third kappa shape index (κ3) is 4.61. The number of amides is 1. The van der Waals surface area contributed by atoms with E-state index in [0.717, 1.165) is 32.1 Å². The maximum atomic E-state index is 11.8. The average Bonchev–Trinajstić information content (AvgIpc) is 2.24. The molecule has 3 atom stereocenters. The maximum Gasteiger partial charge on any atom is 0.224 e. The highest BCUT2D eigenvalue weighted by Crippen LogP contribution is 2.22. The summed E-state index contributed by atoms with van der Waals surface area (Å²) >= 11 is 0. The molecule has 0 radical (unpaired) electrons. The Hall–Kier alpha value is -0.420. The first-order valence-corrected chi connectivity index (χ1v) is 7.67. The van der Waals surface area contributed by atoms with Crippen molar-refractivity contribution in [2.75, 3.05) is 18.6 Å². The van der Waals surface area contributed by atoms with Crippen LogP contribution in [0.25, 0.3) is 0 Å². The molecule has 16 heavy (non-hydrogen) atoms. The Kier molecular flexibility index (Phi) is 5.98. The molecule has 0 spiro atoms. The van der Waals surface area contributed by atoms with Crippen molar-refractivity contribution in [3.8, 4) is 0 Å². The van der Waals surface area contributed by atoms with Crippen LogP contribution in [0.1, 0.15) is 32.1 Å². The zero-order valence-electron chi connectivity index (χ0n) is 9.91. The predicted molar refractivity (Wildman–Crippen MR) is 66.5 cm³/mol. The molecule has 1 amide bonds. The summed E-state index contributed by atoms with van der Waals surface area (Å²) in [4.78, 5) is 11.8. The van der Waals surface area contributed by atoms with Gasteiger partial charge in [0.05, 0.1) is 5.92 Å². The van der Waals surface area contributed by atoms with E-state index in [1.807, 2.05) is 0 Å². The first-order valence-electron chi connectivity index (χ1n) is 5.94. The molecule has 5 heteroatoms. The molecule has 0 heterocycles. The van der Waals surface area contributed by atoms with Crippen molar-refractivity contribution in [1.82, 2.24) is 5.32 Å². The highest BCUT2D eigenvalue weighted by atomic mass is 32.2. The number of rotatable bonds is 5. The van der Waals surface area contributed by atoms with E-state index in [2.05, 4.69) is 5.32 Å². The van der Waals surface area contributed by atoms with Gasteiger partial charge in [-0.1, -0.05) is 12.8 Å². The second-order valence-electron chi connectivity index (χ2n) is 4.48. The van der Waals surface area contributed by atoms with E-state index in [4.69, 9.17) is 5.73 Å². The van der Waals surface area contributed by atoms with Gasteiger partial charge in [-0.25, -0.2) is 0 Å². The summed E-state index contributed by atoms with van der Waals surface area (Å²) in [5, 5.41) is 2.88. The van der Waals surface area contributed by atoms with E-state index in [0.29, 0.717) is 12.3 Å². The van der Waals surface area contributed by atoms with Crippen molar-refractivity contribution in [3.63, 3.8) is 0 Å². The molecule has 1 aliphatic rings. The fourth-order valence-electron chi connectivity index (χ4n) is 2.10. The lowest BCUT2D eigenvalue weighted by Crippen LogP contribution is -2.44. The molecule has 0 aromatic rings. The summed E-state index contributed by atoms with van der Waals surface area (Å²) in [6.45, 7) is 0.613. The van der Waals surface area contributed by atoms with Crippen LogP contribution in [0.5, 0.6) is 0 Å². The van der Waals surface area contributed by atoms with Crippen LogP contribution in [0.4, 0.5) is 0 Å². The molecule has 0 aromatic heterocycles. The molecule has 1 fully saturated rings. The lowest BCUT2D eigenvalue weighted by molar-refractivity contribution is -0.126. The summed E-state index contributed by atoms with van der Waals surface area (Å²) < 4.78 is 10.8. The quantitative estimate of drug-likeness (QED) is 0.689. The van der Waals surface area contributed by atoms with E-state index in [1.165, 1.54) is 0 Å². The minimum absolute atomic E-state index is 0.0131. The van der Waals surface area contributed by atoms with Crippen LogP contribution in [0.3, 0.4) is 0 Å². The van der Waals surface area contributed by atoms with Gasteiger partial charge in [0.15, 0.2) is 0 Å². The van der Waals surface area contributed by atoms with Gasteiger partial charge in [-0.2, -0.15) is 0 Å². The zero-order valence-corrected chi connectivity index (χ0v) is 10.7. The van der Waals surface area contributed by atoms with Crippen molar-refractivity contribution >= 4 is 16.7 Å². The number of nitrogens with one attached hydrogen (secondary N) is 1. The van der Waals surface area contributed by atoms with Crippen molar-refractivity contribution in [2.45, 2.75) is 38.1 Å². The number of carbonyl (C=O) groups is 1. The van der Waals surface area contributed by atoms with Gasteiger partial charge in [-0.05, 0) is 19.3 Å². The summed E-state index contributed by atoms with van der Waals surface area (Å²) in [7, 11) is -0.768. The van der Waals surface area contributed by atoms with Crippen LogP contribution in [-0.4, -0.2) is 34.7 Å². The first kappa shape index (κ1) is 13.6. The van der Waals surface area contributed by atoms with Crippen LogP contribution in [0.15, 0.2) is 0 Å². The first-order chi connectivity index (χ1) is 7.61. The van der Waals surface area contributed by atoms with Crippen LogP contribution < -0.4 is 11.1 Å². The summed E-state index contributed by atoms with van der Waals surface area (Å²) in [6.07, 6.45) is 6.56. The molecule has 3 N–H and O–H groups in total. The van der Waals surface area contributed by atoms with E-state index in [-0.39, 0.29) is 17.9 Å². The van der Waals surface area contributed by atoms with Crippen molar-refractivity contribution in [1.29, 1.82) is 0 Å². The minimum Gasteiger partial charge on any atom is -0.356 e. The molecule has 3 unspecified atom stereocenters. The molecule has 1 saturated carbocycles. The standard InChI is InChI=1S/C11H22N2O2S/c1-16(15)8-4-7-13-11(14)9-5-2-3-6-10(9)12/h9-10H,2-8,12H2,1H3,(H,13,14). The summed E-state index contributed by atoms with van der Waals surface area (Å²) in [6, 6.07) is 0.0223. The van der Waals surface area contributed by atoms with Crippen LogP contribution in [0, 0.1) is 5.92 Å². The highest BCUT2D eigenvalue weighted by molar-refractivity contribution is 7.84. The Morgan fingerprint density at radius 3 is 2.75 bits per heavy atom. The van der Waals surface area contributed by atoms with E-state index < -0.39 is 10.8 Å². The Labute approximate surface area is 99.8 Å². The van der Waals surface area contributed by atoms with Crippen LogP contribution in [0.2, 0.25) is 0 Å². The SMILES string of the molecule is CS(=O)CCCNC(=O)C1CCCCC1N. The summed E-state index contributed by atoms with van der Waals surface area (Å²) in [5.41, 5.74) is 5.92. The van der Waals surface area contributed by atoms with Gasteiger partial charge >= 0.3 is 0 Å². The second-order valence-corrected chi connectivity index (χ2v) is 6.03. The topological polar surface area (TPSA) is 72.2 Å². The van der Waals surface area contributed by atoms with Crippen molar-refractivity contribution in [2.24, 2.45) is 11.7 Å². The molecule has 94 valence electrons.